The molecule has 0 unspecified atom stereocenters. The molecule has 2 rings (SSSR count). The van der Waals surface area contributed by atoms with Crippen LogP contribution in [-0.2, 0) is 7.05 Å². The lowest BCUT2D eigenvalue weighted by Gasteiger charge is -2.20. The number of pyridine rings is 1. The van der Waals surface area contributed by atoms with Gasteiger partial charge in [0.25, 0.3) is 11.5 Å². The minimum Gasteiger partial charge on any atom is -0.331 e. The number of fused-ring (bicyclic) bond motifs is 1. The van der Waals surface area contributed by atoms with Crippen molar-refractivity contribution >= 4 is 16.7 Å². The van der Waals surface area contributed by atoms with Gasteiger partial charge in [0, 0.05) is 37.1 Å². The first-order valence-electron chi connectivity index (χ1n) is 6.69. The maximum Gasteiger partial charge on any atom is 0.258 e. The highest BCUT2D eigenvalue weighted by Gasteiger charge is 2.18. The molecular formula is C17H18N2O2. The van der Waals surface area contributed by atoms with Gasteiger partial charge in [-0.15, -0.1) is 13.2 Å². The summed E-state index contributed by atoms with van der Waals surface area (Å²) in [6.07, 6.45) is 4.93. The van der Waals surface area contributed by atoms with Gasteiger partial charge in [0.05, 0.1) is 5.56 Å². The number of carbonyl (C=O) groups is 1. The van der Waals surface area contributed by atoms with Gasteiger partial charge in [-0.3, -0.25) is 9.59 Å². The fourth-order valence-corrected chi connectivity index (χ4v) is 2.31. The van der Waals surface area contributed by atoms with E-state index >= 15 is 0 Å². The van der Waals surface area contributed by atoms with Crippen molar-refractivity contribution in [1.82, 2.24) is 9.47 Å². The highest BCUT2D eigenvalue weighted by molar-refractivity contribution is 6.06. The monoisotopic (exact) mass is 282 g/mol. The van der Waals surface area contributed by atoms with Crippen LogP contribution in [0.5, 0.6) is 0 Å². The number of carbonyl (C=O) groups excluding carboxylic acids is 1. The van der Waals surface area contributed by atoms with Gasteiger partial charge in [0.2, 0.25) is 0 Å². The molecule has 1 amide bonds. The van der Waals surface area contributed by atoms with E-state index in [0.717, 1.165) is 0 Å². The summed E-state index contributed by atoms with van der Waals surface area (Å²) in [7, 11) is 1.65. The quantitative estimate of drug-likeness (QED) is 0.790. The second-order valence-electron chi connectivity index (χ2n) is 4.79. The fraction of sp³-hybridized carbons (Fsp3) is 0.176. The summed E-state index contributed by atoms with van der Waals surface area (Å²) in [5.74, 6) is -0.137. The summed E-state index contributed by atoms with van der Waals surface area (Å²) in [4.78, 5) is 26.5. The molecule has 4 heteroatoms. The second-order valence-corrected chi connectivity index (χ2v) is 4.79. The molecule has 1 aromatic heterocycles. The minimum atomic E-state index is -0.137. The fourth-order valence-electron chi connectivity index (χ4n) is 2.31. The number of hydrogen-bond donors (Lipinski definition) is 0. The highest BCUT2D eigenvalue weighted by atomic mass is 16.2. The summed E-state index contributed by atoms with van der Waals surface area (Å²) < 4.78 is 1.44. The Bertz CT molecular complexity index is 749. The van der Waals surface area contributed by atoms with E-state index in [1.165, 1.54) is 4.57 Å². The van der Waals surface area contributed by atoms with Crippen molar-refractivity contribution in [3.63, 3.8) is 0 Å². The Morgan fingerprint density at radius 3 is 2.33 bits per heavy atom. The van der Waals surface area contributed by atoms with Crippen LogP contribution in [0, 0.1) is 0 Å². The molecule has 108 valence electrons. The van der Waals surface area contributed by atoms with E-state index in [9.17, 15) is 9.59 Å². The van der Waals surface area contributed by atoms with Crippen molar-refractivity contribution in [2.75, 3.05) is 13.1 Å². The van der Waals surface area contributed by atoms with Crippen LogP contribution in [0.4, 0.5) is 0 Å². The number of nitrogens with zero attached hydrogens (tertiary/aromatic N) is 2. The number of rotatable bonds is 5. The SMILES string of the molecule is C=CCN(CC=C)C(=O)c1cn(C)c(=O)c2ccccc12. The van der Waals surface area contributed by atoms with Crippen LogP contribution in [0.15, 0.2) is 60.6 Å². The average molecular weight is 282 g/mol. The van der Waals surface area contributed by atoms with Crippen molar-refractivity contribution in [3.05, 3.63) is 71.7 Å². The van der Waals surface area contributed by atoms with Crippen molar-refractivity contribution in [1.29, 1.82) is 0 Å². The molecule has 0 saturated carbocycles. The zero-order chi connectivity index (χ0) is 15.4. The van der Waals surface area contributed by atoms with E-state index in [2.05, 4.69) is 13.2 Å². The van der Waals surface area contributed by atoms with Gasteiger partial charge in [-0.1, -0.05) is 30.4 Å². The molecule has 1 aromatic carbocycles. The second kappa shape index (κ2) is 6.22. The van der Waals surface area contributed by atoms with Crippen LogP contribution in [0.1, 0.15) is 10.4 Å². The van der Waals surface area contributed by atoms with Gasteiger partial charge < -0.3 is 9.47 Å². The summed E-state index contributed by atoms with van der Waals surface area (Å²) in [5.41, 5.74) is 0.401. The zero-order valence-electron chi connectivity index (χ0n) is 12.1. The first kappa shape index (κ1) is 14.8. The lowest BCUT2D eigenvalue weighted by molar-refractivity contribution is 0.0792. The third-order valence-electron chi connectivity index (χ3n) is 3.31. The normalized spacial score (nSPS) is 10.3. The van der Waals surface area contributed by atoms with Gasteiger partial charge in [-0.25, -0.2) is 0 Å². The first-order valence-corrected chi connectivity index (χ1v) is 6.69. The number of aryl methyl sites for hydroxylation is 1. The molecular weight excluding hydrogens is 264 g/mol. The van der Waals surface area contributed by atoms with E-state index in [4.69, 9.17) is 0 Å². The van der Waals surface area contributed by atoms with Crippen molar-refractivity contribution < 1.29 is 4.79 Å². The smallest absolute Gasteiger partial charge is 0.258 e. The molecule has 0 aliphatic rings. The largest absolute Gasteiger partial charge is 0.331 e. The molecule has 0 aliphatic carbocycles. The van der Waals surface area contributed by atoms with Crippen LogP contribution in [0.2, 0.25) is 0 Å². The topological polar surface area (TPSA) is 42.3 Å². The molecule has 0 bridgehead atoms. The molecule has 1 heterocycles. The van der Waals surface area contributed by atoms with Crippen molar-refractivity contribution in [2.24, 2.45) is 7.05 Å². The molecule has 0 fully saturated rings. The summed E-state index contributed by atoms with van der Waals surface area (Å²) >= 11 is 0. The van der Waals surface area contributed by atoms with Gasteiger partial charge >= 0.3 is 0 Å². The highest BCUT2D eigenvalue weighted by Crippen LogP contribution is 2.17. The Morgan fingerprint density at radius 2 is 1.76 bits per heavy atom. The predicted octanol–water partition coefficient (Wildman–Crippen LogP) is 2.35. The Hall–Kier alpha value is -2.62. The standard InChI is InChI=1S/C17H18N2O2/c1-4-10-19(11-5-2)17(21)15-12-18(3)16(20)14-9-7-6-8-13(14)15/h4-9,12H,1-2,10-11H2,3H3. The maximum absolute atomic E-state index is 12.7. The van der Waals surface area contributed by atoms with Crippen molar-refractivity contribution in [3.8, 4) is 0 Å². The molecule has 21 heavy (non-hydrogen) atoms. The van der Waals surface area contributed by atoms with Crippen LogP contribution in [0.25, 0.3) is 10.8 Å². The van der Waals surface area contributed by atoms with E-state index in [1.807, 2.05) is 6.07 Å². The van der Waals surface area contributed by atoms with Gasteiger partial charge in [0.15, 0.2) is 0 Å². The van der Waals surface area contributed by atoms with Crippen molar-refractivity contribution in [2.45, 2.75) is 0 Å². The Balaban J connectivity index is 2.62. The lowest BCUT2D eigenvalue weighted by Crippen LogP contribution is -2.32. The van der Waals surface area contributed by atoms with E-state index in [-0.39, 0.29) is 11.5 Å². The minimum absolute atomic E-state index is 0.110. The van der Waals surface area contributed by atoms with Gasteiger partial charge in [-0.05, 0) is 6.07 Å². The number of amides is 1. The molecule has 0 N–H and O–H groups in total. The van der Waals surface area contributed by atoms with E-state index in [0.29, 0.717) is 29.4 Å². The van der Waals surface area contributed by atoms with Crippen LogP contribution in [0.3, 0.4) is 0 Å². The number of aromatic nitrogens is 1. The maximum atomic E-state index is 12.7. The molecule has 0 atom stereocenters. The Kier molecular flexibility index (Phi) is 4.38. The van der Waals surface area contributed by atoms with Crippen LogP contribution in [-0.4, -0.2) is 28.5 Å². The summed E-state index contributed by atoms with van der Waals surface area (Å²) in [6, 6.07) is 7.15. The van der Waals surface area contributed by atoms with Gasteiger partial charge in [-0.2, -0.15) is 0 Å². The molecule has 0 spiro atoms. The molecule has 4 nitrogen and oxygen atoms in total. The summed E-state index contributed by atoms with van der Waals surface area (Å²) in [5, 5.41) is 1.21. The third kappa shape index (κ3) is 2.79. The molecule has 0 radical (unpaired) electrons. The number of benzene rings is 1. The Morgan fingerprint density at radius 1 is 1.19 bits per heavy atom. The average Bonchev–Trinajstić information content (AvgIpc) is 2.50. The van der Waals surface area contributed by atoms with E-state index in [1.54, 1.807) is 48.5 Å². The zero-order valence-corrected chi connectivity index (χ0v) is 12.1. The first-order chi connectivity index (χ1) is 10.1. The van der Waals surface area contributed by atoms with E-state index < -0.39 is 0 Å². The number of hydrogen-bond acceptors (Lipinski definition) is 2. The summed E-state index contributed by atoms with van der Waals surface area (Å²) in [6.45, 7) is 8.20. The van der Waals surface area contributed by atoms with Crippen LogP contribution < -0.4 is 5.56 Å². The molecule has 0 aliphatic heterocycles. The Labute approximate surface area is 123 Å². The lowest BCUT2D eigenvalue weighted by atomic mass is 10.1. The third-order valence-corrected chi connectivity index (χ3v) is 3.31. The van der Waals surface area contributed by atoms with Crippen LogP contribution >= 0.6 is 0 Å². The van der Waals surface area contributed by atoms with Gasteiger partial charge in [0.1, 0.15) is 0 Å². The molecule has 2 aromatic rings. The molecule has 0 saturated heterocycles. The predicted molar refractivity (Wildman–Crippen MR) is 85.5 cm³/mol.